The predicted octanol–water partition coefficient (Wildman–Crippen LogP) is 0.553. The van der Waals surface area contributed by atoms with Crippen LogP contribution in [0.25, 0.3) is 0 Å². The molecule has 20 heavy (non-hydrogen) atoms. The van der Waals surface area contributed by atoms with Gasteiger partial charge in [-0.15, -0.1) is 0 Å². The fourth-order valence-corrected chi connectivity index (χ4v) is 3.58. The van der Waals surface area contributed by atoms with Crippen LogP contribution < -0.4 is 9.86 Å². The molecule has 1 saturated carbocycles. The summed E-state index contributed by atoms with van der Waals surface area (Å²) in [6, 6.07) is 5.94. The van der Waals surface area contributed by atoms with E-state index in [1.165, 1.54) is 18.2 Å². The minimum Gasteiger partial charge on any atom is -0.225 e. The van der Waals surface area contributed by atoms with Crippen molar-refractivity contribution in [3.05, 3.63) is 29.8 Å². The van der Waals surface area contributed by atoms with Gasteiger partial charge in [0.2, 0.25) is 20.0 Å². The molecule has 1 aromatic rings. The van der Waals surface area contributed by atoms with Crippen molar-refractivity contribution in [2.24, 2.45) is 11.1 Å². The molecule has 0 saturated heterocycles. The van der Waals surface area contributed by atoms with Crippen molar-refractivity contribution >= 4 is 20.0 Å². The molecule has 0 atom stereocenters. The fourth-order valence-electron chi connectivity index (χ4n) is 1.83. The quantitative estimate of drug-likeness (QED) is 0.765. The third-order valence-corrected chi connectivity index (χ3v) is 5.48. The Kier molecular flexibility index (Phi) is 4.48. The van der Waals surface area contributed by atoms with Crippen LogP contribution in [-0.2, 0) is 26.6 Å². The molecular weight excluding hydrogens is 300 g/mol. The van der Waals surface area contributed by atoms with Gasteiger partial charge in [0.05, 0.1) is 10.6 Å². The summed E-state index contributed by atoms with van der Waals surface area (Å²) in [5, 5.41) is 5.03. The normalized spacial score (nSPS) is 16.2. The summed E-state index contributed by atoms with van der Waals surface area (Å²) in [7, 11) is -7.08. The molecule has 0 unspecified atom stereocenters. The highest BCUT2D eigenvalue weighted by atomic mass is 32.2. The van der Waals surface area contributed by atoms with Gasteiger partial charge in [-0.25, -0.2) is 26.7 Å². The number of benzene rings is 1. The molecule has 112 valence electrons. The van der Waals surface area contributed by atoms with Gasteiger partial charge in [0.15, 0.2) is 0 Å². The summed E-state index contributed by atoms with van der Waals surface area (Å²) in [5.41, 5.74) is 0.562. The largest absolute Gasteiger partial charge is 0.238 e. The number of sulfonamides is 2. The number of hydrogen-bond acceptors (Lipinski definition) is 4. The standard InChI is InChI=1S/C12H18N2O4S2/c13-20(17,18)12-3-1-2-11(8-12)9-14-19(15,16)7-6-10-4-5-10/h1-3,8,10,14H,4-7,9H2,(H2,13,17,18). The van der Waals surface area contributed by atoms with E-state index >= 15 is 0 Å². The second kappa shape index (κ2) is 5.80. The van der Waals surface area contributed by atoms with Gasteiger partial charge in [-0.1, -0.05) is 25.0 Å². The number of rotatable bonds is 7. The van der Waals surface area contributed by atoms with E-state index in [-0.39, 0.29) is 17.2 Å². The summed E-state index contributed by atoms with van der Waals surface area (Å²) in [5.74, 6) is 0.671. The summed E-state index contributed by atoms with van der Waals surface area (Å²) in [4.78, 5) is -0.0211. The predicted molar refractivity (Wildman–Crippen MR) is 75.8 cm³/mol. The Morgan fingerprint density at radius 1 is 1.20 bits per heavy atom. The van der Waals surface area contributed by atoms with Crippen molar-refractivity contribution in [1.29, 1.82) is 0 Å². The molecule has 0 aromatic heterocycles. The Bertz CT molecular complexity index is 679. The lowest BCUT2D eigenvalue weighted by molar-refractivity contribution is 0.575. The van der Waals surface area contributed by atoms with Gasteiger partial charge in [0.1, 0.15) is 0 Å². The van der Waals surface area contributed by atoms with E-state index in [1.807, 2.05) is 0 Å². The molecule has 2 rings (SSSR count). The van der Waals surface area contributed by atoms with Gasteiger partial charge >= 0.3 is 0 Å². The van der Waals surface area contributed by atoms with E-state index in [0.717, 1.165) is 12.8 Å². The summed E-state index contributed by atoms with van der Waals surface area (Å²) < 4.78 is 48.4. The second-order valence-corrected chi connectivity index (χ2v) is 8.55. The number of primary sulfonamides is 1. The van der Waals surface area contributed by atoms with Crippen LogP contribution in [0.15, 0.2) is 29.2 Å². The van der Waals surface area contributed by atoms with Gasteiger partial charge in [-0.05, 0) is 30.0 Å². The molecule has 0 amide bonds. The Hall–Kier alpha value is -0.960. The molecule has 6 nitrogen and oxygen atoms in total. The summed E-state index contributed by atoms with van der Waals surface area (Å²) in [6.45, 7) is 0.0658. The molecule has 0 heterocycles. The van der Waals surface area contributed by atoms with Crippen LogP contribution in [-0.4, -0.2) is 22.6 Å². The van der Waals surface area contributed by atoms with E-state index in [2.05, 4.69) is 4.72 Å². The first-order valence-corrected chi connectivity index (χ1v) is 9.55. The van der Waals surface area contributed by atoms with Crippen LogP contribution in [0.3, 0.4) is 0 Å². The highest BCUT2D eigenvalue weighted by Gasteiger charge is 2.23. The van der Waals surface area contributed by atoms with Crippen LogP contribution in [0, 0.1) is 5.92 Å². The zero-order valence-corrected chi connectivity index (χ0v) is 12.6. The molecule has 0 aliphatic heterocycles. The zero-order chi connectivity index (χ0) is 14.8. The maximum atomic E-state index is 11.8. The number of hydrogen-bond donors (Lipinski definition) is 2. The zero-order valence-electron chi connectivity index (χ0n) is 10.9. The molecule has 0 spiro atoms. The maximum Gasteiger partial charge on any atom is 0.238 e. The minimum absolute atomic E-state index is 0.0211. The molecule has 8 heteroatoms. The van der Waals surface area contributed by atoms with Crippen LogP contribution in [0.1, 0.15) is 24.8 Å². The van der Waals surface area contributed by atoms with Crippen LogP contribution in [0.2, 0.25) is 0 Å². The minimum atomic E-state index is -3.77. The van der Waals surface area contributed by atoms with Crippen molar-refractivity contribution in [1.82, 2.24) is 4.72 Å². The van der Waals surface area contributed by atoms with E-state index in [1.54, 1.807) is 6.07 Å². The Labute approximate surface area is 119 Å². The Morgan fingerprint density at radius 2 is 1.90 bits per heavy atom. The average Bonchev–Trinajstić information content (AvgIpc) is 3.18. The molecule has 1 aliphatic carbocycles. The average molecular weight is 318 g/mol. The molecule has 0 radical (unpaired) electrons. The highest BCUT2D eigenvalue weighted by Crippen LogP contribution is 2.32. The molecule has 1 aromatic carbocycles. The molecule has 3 N–H and O–H groups in total. The topological polar surface area (TPSA) is 106 Å². The number of nitrogens with one attached hydrogen (secondary N) is 1. The SMILES string of the molecule is NS(=O)(=O)c1cccc(CNS(=O)(=O)CCC2CC2)c1. The van der Waals surface area contributed by atoms with E-state index in [9.17, 15) is 16.8 Å². The first-order chi connectivity index (χ1) is 9.26. The van der Waals surface area contributed by atoms with Crippen molar-refractivity contribution in [3.63, 3.8) is 0 Å². The molecular formula is C12H18N2O4S2. The van der Waals surface area contributed by atoms with Gasteiger partial charge in [0, 0.05) is 6.54 Å². The van der Waals surface area contributed by atoms with E-state index in [0.29, 0.717) is 17.9 Å². The third kappa shape index (κ3) is 4.86. The van der Waals surface area contributed by atoms with Gasteiger partial charge in [0.25, 0.3) is 0 Å². The van der Waals surface area contributed by atoms with Crippen LogP contribution >= 0.6 is 0 Å². The molecule has 1 fully saturated rings. The highest BCUT2D eigenvalue weighted by molar-refractivity contribution is 7.89. The first-order valence-electron chi connectivity index (χ1n) is 6.35. The van der Waals surface area contributed by atoms with Gasteiger partial charge in [-0.2, -0.15) is 0 Å². The van der Waals surface area contributed by atoms with Crippen molar-refractivity contribution in [2.75, 3.05) is 5.75 Å². The summed E-state index contributed by atoms with van der Waals surface area (Å²) in [6.07, 6.45) is 2.92. The second-order valence-electron chi connectivity index (χ2n) is 5.06. The first kappa shape index (κ1) is 15.4. The maximum absolute atomic E-state index is 11.8. The number of nitrogens with two attached hydrogens (primary N) is 1. The van der Waals surface area contributed by atoms with E-state index in [4.69, 9.17) is 5.14 Å². The summed E-state index contributed by atoms with van der Waals surface area (Å²) >= 11 is 0. The van der Waals surface area contributed by atoms with E-state index < -0.39 is 20.0 Å². The van der Waals surface area contributed by atoms with Crippen LogP contribution in [0.4, 0.5) is 0 Å². The van der Waals surface area contributed by atoms with Crippen molar-refractivity contribution in [3.8, 4) is 0 Å². The lowest BCUT2D eigenvalue weighted by Crippen LogP contribution is -2.26. The van der Waals surface area contributed by atoms with Gasteiger partial charge in [-0.3, -0.25) is 0 Å². The lowest BCUT2D eigenvalue weighted by Gasteiger charge is -2.07. The smallest absolute Gasteiger partial charge is 0.225 e. The third-order valence-electron chi connectivity index (χ3n) is 3.21. The van der Waals surface area contributed by atoms with Crippen molar-refractivity contribution in [2.45, 2.75) is 30.7 Å². The Morgan fingerprint density at radius 3 is 2.50 bits per heavy atom. The van der Waals surface area contributed by atoms with Crippen molar-refractivity contribution < 1.29 is 16.8 Å². The van der Waals surface area contributed by atoms with Crippen LogP contribution in [0.5, 0.6) is 0 Å². The Balaban J connectivity index is 1.96. The monoisotopic (exact) mass is 318 g/mol. The molecule has 1 aliphatic rings. The fraction of sp³-hybridized carbons (Fsp3) is 0.500. The van der Waals surface area contributed by atoms with Gasteiger partial charge < -0.3 is 0 Å². The lowest BCUT2D eigenvalue weighted by atomic mass is 10.2. The molecule has 0 bridgehead atoms.